The van der Waals surface area contributed by atoms with Gasteiger partial charge in [-0.2, -0.15) is 0 Å². The van der Waals surface area contributed by atoms with Crippen molar-refractivity contribution in [2.75, 3.05) is 18.4 Å². The lowest BCUT2D eigenvalue weighted by Gasteiger charge is -2.11. The first-order valence-corrected chi connectivity index (χ1v) is 11.2. The number of nitrogens with one attached hydrogen (secondary N) is 2. The molecular weight excluding hydrogens is 416 g/mol. The van der Waals surface area contributed by atoms with Gasteiger partial charge in [0.25, 0.3) is 15.9 Å². The Morgan fingerprint density at radius 3 is 2.39 bits per heavy atom. The quantitative estimate of drug-likeness (QED) is 0.528. The normalized spacial score (nSPS) is 10.9. The van der Waals surface area contributed by atoms with Gasteiger partial charge in [0.1, 0.15) is 11.5 Å². The summed E-state index contributed by atoms with van der Waals surface area (Å²) in [5.41, 5.74) is 1.53. The third-order valence-electron chi connectivity index (χ3n) is 4.41. The molecule has 0 aliphatic carbocycles. The molecule has 0 aromatic heterocycles. The van der Waals surface area contributed by atoms with Gasteiger partial charge in [0, 0.05) is 17.8 Å². The summed E-state index contributed by atoms with van der Waals surface area (Å²) in [6, 6.07) is 19.8. The number of hydrogen-bond donors (Lipinski definition) is 2. The summed E-state index contributed by atoms with van der Waals surface area (Å²) < 4.78 is 38.3. The van der Waals surface area contributed by atoms with Crippen LogP contribution in [0.4, 0.5) is 5.69 Å². The molecule has 3 aromatic carbocycles. The van der Waals surface area contributed by atoms with Gasteiger partial charge < -0.3 is 14.8 Å². The van der Waals surface area contributed by atoms with Crippen molar-refractivity contribution in [3.05, 3.63) is 83.9 Å². The fourth-order valence-electron chi connectivity index (χ4n) is 2.89. The highest BCUT2D eigenvalue weighted by atomic mass is 32.2. The first-order chi connectivity index (χ1) is 14.9. The first-order valence-electron chi connectivity index (χ1n) is 9.68. The second-order valence-electron chi connectivity index (χ2n) is 6.62. The van der Waals surface area contributed by atoms with E-state index >= 15 is 0 Å². The van der Waals surface area contributed by atoms with Gasteiger partial charge in [-0.05, 0) is 67.1 Å². The topological polar surface area (TPSA) is 93.7 Å². The average Bonchev–Trinajstić information content (AvgIpc) is 2.78. The van der Waals surface area contributed by atoms with Crippen molar-refractivity contribution < 1.29 is 22.7 Å². The molecule has 1 amide bonds. The predicted molar refractivity (Wildman–Crippen MR) is 119 cm³/mol. The lowest BCUT2D eigenvalue weighted by molar-refractivity contribution is 0.0951. The van der Waals surface area contributed by atoms with Crippen molar-refractivity contribution in [2.45, 2.75) is 18.4 Å². The van der Waals surface area contributed by atoms with Crippen LogP contribution in [-0.4, -0.2) is 28.0 Å². The van der Waals surface area contributed by atoms with Crippen LogP contribution in [0.3, 0.4) is 0 Å². The Kier molecular flexibility index (Phi) is 7.15. The standard InChI is InChI=1S/C23H24N2O5S/c1-3-30-20-10-12-22(13-11-20)31(27,28)25-19-8-5-7-18(15-19)23(26)24-16-17-6-4-9-21(14-17)29-2/h4-15,25H,3,16H2,1-2H3,(H,24,26). The van der Waals surface area contributed by atoms with E-state index in [-0.39, 0.29) is 10.8 Å². The van der Waals surface area contributed by atoms with Crippen LogP contribution in [0.1, 0.15) is 22.8 Å². The number of sulfonamides is 1. The van der Waals surface area contributed by atoms with Gasteiger partial charge in [0.15, 0.2) is 0 Å². The summed E-state index contributed by atoms with van der Waals surface area (Å²) in [5.74, 6) is 0.985. The molecule has 7 nitrogen and oxygen atoms in total. The lowest BCUT2D eigenvalue weighted by Crippen LogP contribution is -2.23. The Balaban J connectivity index is 1.68. The highest BCUT2D eigenvalue weighted by molar-refractivity contribution is 7.92. The summed E-state index contributed by atoms with van der Waals surface area (Å²) in [7, 11) is -2.22. The molecule has 0 bridgehead atoms. The number of benzene rings is 3. The van der Waals surface area contributed by atoms with E-state index in [1.54, 1.807) is 37.4 Å². The molecule has 3 aromatic rings. The van der Waals surface area contributed by atoms with Crippen LogP contribution in [0.15, 0.2) is 77.7 Å². The van der Waals surface area contributed by atoms with Gasteiger partial charge in [-0.3, -0.25) is 9.52 Å². The molecule has 0 aliphatic rings. The van der Waals surface area contributed by atoms with Crippen LogP contribution >= 0.6 is 0 Å². The molecule has 0 fully saturated rings. The summed E-state index contributed by atoms with van der Waals surface area (Å²) in [6.45, 7) is 2.67. The summed E-state index contributed by atoms with van der Waals surface area (Å²) in [5, 5.41) is 2.82. The monoisotopic (exact) mass is 440 g/mol. The highest BCUT2D eigenvalue weighted by Gasteiger charge is 2.15. The van der Waals surface area contributed by atoms with E-state index in [0.29, 0.717) is 35.9 Å². The molecule has 0 atom stereocenters. The Bertz CT molecular complexity index is 1140. The smallest absolute Gasteiger partial charge is 0.261 e. The Morgan fingerprint density at radius 2 is 1.68 bits per heavy atom. The van der Waals surface area contributed by atoms with Crippen LogP contribution in [0.2, 0.25) is 0 Å². The molecule has 162 valence electrons. The second-order valence-corrected chi connectivity index (χ2v) is 8.31. The maximum absolute atomic E-state index is 12.7. The molecule has 8 heteroatoms. The zero-order chi connectivity index (χ0) is 22.3. The van der Waals surface area contributed by atoms with Gasteiger partial charge >= 0.3 is 0 Å². The molecule has 3 rings (SSSR count). The van der Waals surface area contributed by atoms with Gasteiger partial charge in [-0.1, -0.05) is 18.2 Å². The van der Waals surface area contributed by atoms with E-state index in [0.717, 1.165) is 5.56 Å². The minimum absolute atomic E-state index is 0.101. The van der Waals surface area contributed by atoms with Gasteiger partial charge in [0.05, 0.1) is 18.6 Å². The molecule has 2 N–H and O–H groups in total. The molecule has 31 heavy (non-hydrogen) atoms. The van der Waals surface area contributed by atoms with Gasteiger partial charge in [0.2, 0.25) is 0 Å². The maximum atomic E-state index is 12.7. The van der Waals surface area contributed by atoms with Crippen LogP contribution in [0.25, 0.3) is 0 Å². The third kappa shape index (κ3) is 5.99. The number of amides is 1. The minimum atomic E-state index is -3.80. The van der Waals surface area contributed by atoms with Crippen molar-refractivity contribution in [1.29, 1.82) is 0 Å². The number of methoxy groups -OCH3 is 1. The number of anilines is 1. The van der Waals surface area contributed by atoms with Crippen LogP contribution in [0, 0.1) is 0 Å². The molecule has 0 aliphatic heterocycles. The van der Waals surface area contributed by atoms with E-state index in [1.165, 1.54) is 18.2 Å². The van der Waals surface area contributed by atoms with E-state index in [2.05, 4.69) is 10.0 Å². The molecule has 0 saturated heterocycles. The van der Waals surface area contributed by atoms with Crippen LogP contribution in [-0.2, 0) is 16.6 Å². The predicted octanol–water partition coefficient (Wildman–Crippen LogP) is 3.82. The maximum Gasteiger partial charge on any atom is 0.261 e. The van der Waals surface area contributed by atoms with Crippen LogP contribution < -0.4 is 19.5 Å². The van der Waals surface area contributed by atoms with E-state index in [9.17, 15) is 13.2 Å². The first kappa shape index (κ1) is 22.2. The lowest BCUT2D eigenvalue weighted by atomic mass is 10.1. The third-order valence-corrected chi connectivity index (χ3v) is 5.81. The zero-order valence-electron chi connectivity index (χ0n) is 17.3. The summed E-state index contributed by atoms with van der Waals surface area (Å²) in [4.78, 5) is 12.6. The number of hydrogen-bond acceptors (Lipinski definition) is 5. The SMILES string of the molecule is CCOc1ccc(S(=O)(=O)Nc2cccc(C(=O)NCc3cccc(OC)c3)c2)cc1. The Labute approximate surface area is 182 Å². The van der Waals surface area contributed by atoms with Crippen molar-refractivity contribution in [3.8, 4) is 11.5 Å². The van der Waals surface area contributed by atoms with E-state index in [1.807, 2.05) is 31.2 Å². The molecule has 0 heterocycles. The van der Waals surface area contributed by atoms with Crippen molar-refractivity contribution in [1.82, 2.24) is 5.32 Å². The van der Waals surface area contributed by atoms with E-state index in [4.69, 9.17) is 9.47 Å². The number of rotatable bonds is 9. The Morgan fingerprint density at radius 1 is 0.935 bits per heavy atom. The number of carbonyl (C=O) groups is 1. The fourth-order valence-corrected chi connectivity index (χ4v) is 3.94. The summed E-state index contributed by atoms with van der Waals surface area (Å²) >= 11 is 0. The molecular formula is C23H24N2O5S. The molecule has 0 saturated carbocycles. The van der Waals surface area contributed by atoms with Crippen molar-refractivity contribution in [2.24, 2.45) is 0 Å². The van der Waals surface area contributed by atoms with Crippen molar-refractivity contribution in [3.63, 3.8) is 0 Å². The van der Waals surface area contributed by atoms with Crippen molar-refractivity contribution >= 4 is 21.6 Å². The number of carbonyl (C=O) groups excluding carboxylic acids is 1. The Hall–Kier alpha value is -3.52. The largest absolute Gasteiger partial charge is 0.497 e. The summed E-state index contributed by atoms with van der Waals surface area (Å²) in [6.07, 6.45) is 0. The highest BCUT2D eigenvalue weighted by Crippen LogP contribution is 2.20. The van der Waals surface area contributed by atoms with Crippen LogP contribution in [0.5, 0.6) is 11.5 Å². The van der Waals surface area contributed by atoms with Gasteiger partial charge in [-0.15, -0.1) is 0 Å². The van der Waals surface area contributed by atoms with Gasteiger partial charge in [-0.25, -0.2) is 8.42 Å². The second kappa shape index (κ2) is 9.99. The molecule has 0 radical (unpaired) electrons. The minimum Gasteiger partial charge on any atom is -0.497 e. The van der Waals surface area contributed by atoms with E-state index < -0.39 is 10.0 Å². The molecule has 0 spiro atoms. The molecule has 0 unspecified atom stereocenters. The zero-order valence-corrected chi connectivity index (χ0v) is 18.1. The number of ether oxygens (including phenoxy) is 2. The average molecular weight is 441 g/mol. The fraction of sp³-hybridized carbons (Fsp3) is 0.174.